The maximum atomic E-state index is 15.3. The van der Waals surface area contributed by atoms with Crippen LogP contribution in [0.5, 0.6) is 5.75 Å². The van der Waals surface area contributed by atoms with Crippen LogP contribution in [-0.4, -0.2) is 63.3 Å². The number of rotatable bonds is 7. The van der Waals surface area contributed by atoms with Crippen molar-refractivity contribution in [1.82, 2.24) is 14.9 Å². The zero-order valence-electron chi connectivity index (χ0n) is 25.3. The maximum Gasteiger partial charge on any atom is 0.410 e. The van der Waals surface area contributed by atoms with Gasteiger partial charge in [-0.1, -0.05) is 12.1 Å². The molecule has 11 heteroatoms. The first kappa shape index (κ1) is 29.8. The molecule has 232 valence electrons. The molecule has 3 aliphatic rings. The summed E-state index contributed by atoms with van der Waals surface area (Å²) in [6.07, 6.45) is 5.27. The number of aromatic nitrogens is 2. The fraction of sp³-hybridized carbons (Fsp3) is 0.455. The van der Waals surface area contributed by atoms with Gasteiger partial charge in [0.25, 0.3) is 5.91 Å². The highest BCUT2D eigenvalue weighted by Crippen LogP contribution is 2.42. The Bertz CT molecular complexity index is 1600. The van der Waals surface area contributed by atoms with Crippen LogP contribution >= 0.6 is 0 Å². The Morgan fingerprint density at radius 1 is 1.11 bits per heavy atom. The standard InChI is InChI=1S/C33H38FN5O5/c1-33(2,3)44-32(42)38-11-4-5-23(38)17-43-29-28(36-18-37-30(29)35)25-14-22(34)15-27(26(25)16-40)39-12-10-21-13-20(19-6-7-19)8-9-24(21)31(39)41/h8-9,13-15,18-19,23,40H,4-7,10-12,16-17H2,1-3H3,(H2,35,36,37). The van der Waals surface area contributed by atoms with Gasteiger partial charge in [-0.3, -0.25) is 4.79 Å². The molecule has 2 fully saturated rings. The molecule has 10 nitrogen and oxygen atoms in total. The van der Waals surface area contributed by atoms with Gasteiger partial charge in [0.05, 0.1) is 18.3 Å². The Labute approximate surface area is 256 Å². The molecule has 3 N–H and O–H groups in total. The topological polar surface area (TPSA) is 131 Å². The summed E-state index contributed by atoms with van der Waals surface area (Å²) in [6.45, 7) is 5.92. The van der Waals surface area contributed by atoms with E-state index in [4.69, 9.17) is 15.2 Å². The van der Waals surface area contributed by atoms with Crippen LogP contribution < -0.4 is 15.4 Å². The SMILES string of the molecule is CC(C)(C)OC(=O)N1CCCC1COc1c(N)ncnc1-c1cc(F)cc(N2CCc3cc(C4CC4)ccc3C2=O)c1CO. The van der Waals surface area contributed by atoms with Gasteiger partial charge in [0, 0.05) is 29.8 Å². The largest absolute Gasteiger partial charge is 0.485 e. The number of nitrogens with two attached hydrogens (primary N) is 1. The second kappa shape index (κ2) is 11.7. The third-order valence-corrected chi connectivity index (χ3v) is 8.41. The molecule has 0 radical (unpaired) electrons. The smallest absolute Gasteiger partial charge is 0.410 e. The highest BCUT2D eigenvalue weighted by molar-refractivity contribution is 6.09. The summed E-state index contributed by atoms with van der Waals surface area (Å²) in [5, 5.41) is 10.6. The van der Waals surface area contributed by atoms with Gasteiger partial charge in [-0.15, -0.1) is 0 Å². The third-order valence-electron chi connectivity index (χ3n) is 8.41. The molecule has 2 aliphatic heterocycles. The van der Waals surface area contributed by atoms with Crippen LogP contribution in [0.3, 0.4) is 0 Å². The normalized spacial score (nSPS) is 18.4. The van der Waals surface area contributed by atoms with E-state index in [1.807, 2.05) is 32.9 Å². The summed E-state index contributed by atoms with van der Waals surface area (Å²) in [4.78, 5) is 38.1. The van der Waals surface area contributed by atoms with Gasteiger partial charge in [0.15, 0.2) is 11.6 Å². The molecule has 1 aliphatic carbocycles. The number of aliphatic hydroxyl groups is 1. The number of nitrogen functional groups attached to an aromatic ring is 1. The second-order valence-corrected chi connectivity index (χ2v) is 12.7. The van der Waals surface area contributed by atoms with Gasteiger partial charge in [0.2, 0.25) is 0 Å². The first-order chi connectivity index (χ1) is 21.0. The summed E-state index contributed by atoms with van der Waals surface area (Å²) in [5.41, 5.74) is 9.44. The zero-order chi connectivity index (χ0) is 31.2. The number of fused-ring (bicyclic) bond motifs is 1. The first-order valence-electron chi connectivity index (χ1n) is 15.1. The Balaban J connectivity index is 1.30. The molecule has 2 amide bonds. The fourth-order valence-corrected chi connectivity index (χ4v) is 6.12. The number of nitrogens with zero attached hydrogens (tertiary/aromatic N) is 4. The molecule has 44 heavy (non-hydrogen) atoms. The van der Waals surface area contributed by atoms with Crippen LogP contribution in [0.15, 0.2) is 36.7 Å². The molecule has 3 heterocycles. The lowest BCUT2D eigenvalue weighted by molar-refractivity contribution is 0.0187. The summed E-state index contributed by atoms with van der Waals surface area (Å²) in [7, 11) is 0. The molecular formula is C33H38FN5O5. The van der Waals surface area contributed by atoms with Crippen molar-refractivity contribution >= 4 is 23.5 Å². The number of ether oxygens (including phenoxy) is 2. The molecule has 6 rings (SSSR count). The molecule has 0 spiro atoms. The number of carbonyl (C=O) groups is 2. The van der Waals surface area contributed by atoms with Gasteiger partial charge in [0.1, 0.15) is 30.0 Å². The minimum absolute atomic E-state index is 0.0287. The average Bonchev–Trinajstić information content (AvgIpc) is 3.72. The van der Waals surface area contributed by atoms with Gasteiger partial charge in [-0.25, -0.2) is 19.2 Å². The van der Waals surface area contributed by atoms with E-state index in [2.05, 4.69) is 16.0 Å². The van der Waals surface area contributed by atoms with Crippen molar-refractivity contribution < 1.29 is 28.6 Å². The van der Waals surface area contributed by atoms with E-state index in [1.54, 1.807) is 4.90 Å². The number of hydrogen-bond donors (Lipinski definition) is 2. The highest BCUT2D eigenvalue weighted by atomic mass is 19.1. The molecule has 1 saturated heterocycles. The lowest BCUT2D eigenvalue weighted by Gasteiger charge is -2.31. The van der Waals surface area contributed by atoms with Crippen molar-refractivity contribution in [2.75, 3.05) is 30.3 Å². The number of benzene rings is 2. The average molecular weight is 604 g/mol. The monoisotopic (exact) mass is 603 g/mol. The van der Waals surface area contributed by atoms with E-state index in [0.717, 1.165) is 12.0 Å². The lowest BCUT2D eigenvalue weighted by atomic mass is 9.93. The third kappa shape index (κ3) is 5.93. The van der Waals surface area contributed by atoms with Crippen molar-refractivity contribution in [2.45, 2.75) is 77.0 Å². The Morgan fingerprint density at radius 2 is 1.91 bits per heavy atom. The van der Waals surface area contributed by atoms with Crippen LogP contribution in [0, 0.1) is 5.82 Å². The fourth-order valence-electron chi connectivity index (χ4n) is 6.12. The van der Waals surface area contributed by atoms with Crippen molar-refractivity contribution in [3.8, 4) is 17.0 Å². The lowest BCUT2D eigenvalue weighted by Crippen LogP contribution is -2.42. The Hall–Kier alpha value is -4.25. The summed E-state index contributed by atoms with van der Waals surface area (Å²) in [6, 6.07) is 8.22. The van der Waals surface area contributed by atoms with Gasteiger partial charge >= 0.3 is 6.09 Å². The predicted molar refractivity (Wildman–Crippen MR) is 163 cm³/mol. The predicted octanol–water partition coefficient (Wildman–Crippen LogP) is 5.22. The van der Waals surface area contributed by atoms with E-state index in [0.29, 0.717) is 43.0 Å². The molecule has 1 aromatic heterocycles. The van der Waals surface area contributed by atoms with E-state index >= 15 is 4.39 Å². The van der Waals surface area contributed by atoms with Crippen LogP contribution in [0.4, 0.5) is 20.7 Å². The number of hydrogen-bond acceptors (Lipinski definition) is 8. The van der Waals surface area contributed by atoms with E-state index in [-0.39, 0.29) is 47.1 Å². The van der Waals surface area contributed by atoms with E-state index in [9.17, 15) is 14.7 Å². The van der Waals surface area contributed by atoms with Crippen LogP contribution in [0.25, 0.3) is 11.3 Å². The van der Waals surface area contributed by atoms with Crippen molar-refractivity contribution in [1.29, 1.82) is 0 Å². The number of aliphatic hydroxyl groups excluding tert-OH is 1. The minimum Gasteiger partial charge on any atom is -0.485 e. The maximum absolute atomic E-state index is 15.3. The molecule has 1 unspecified atom stereocenters. The summed E-state index contributed by atoms with van der Waals surface area (Å²) in [5.74, 6) is -0.142. The molecule has 1 atom stereocenters. The van der Waals surface area contributed by atoms with Gasteiger partial charge in [-0.2, -0.15) is 0 Å². The zero-order valence-corrected chi connectivity index (χ0v) is 25.3. The number of likely N-dealkylation sites (tertiary alicyclic amines) is 1. The van der Waals surface area contributed by atoms with Gasteiger partial charge in [-0.05, 0) is 88.1 Å². The Kier molecular flexibility index (Phi) is 7.91. The minimum atomic E-state index is -0.636. The molecular weight excluding hydrogens is 565 g/mol. The quantitative estimate of drug-likeness (QED) is 0.376. The second-order valence-electron chi connectivity index (χ2n) is 12.7. The van der Waals surface area contributed by atoms with E-state index < -0.39 is 24.1 Å². The molecule has 1 saturated carbocycles. The number of amides is 2. The van der Waals surface area contributed by atoms with Gasteiger partial charge < -0.3 is 30.1 Å². The number of carbonyl (C=O) groups excluding carboxylic acids is 2. The van der Waals surface area contributed by atoms with Crippen LogP contribution in [0.1, 0.15) is 79.4 Å². The van der Waals surface area contributed by atoms with Crippen molar-refractivity contribution in [2.24, 2.45) is 0 Å². The Morgan fingerprint density at radius 3 is 2.64 bits per heavy atom. The molecule has 0 bridgehead atoms. The van der Waals surface area contributed by atoms with Crippen molar-refractivity contribution in [3.05, 3.63) is 64.7 Å². The molecule has 3 aromatic rings. The summed E-state index contributed by atoms with van der Waals surface area (Å²) >= 11 is 0. The summed E-state index contributed by atoms with van der Waals surface area (Å²) < 4.78 is 27.0. The van der Waals surface area contributed by atoms with Crippen LogP contribution in [0.2, 0.25) is 0 Å². The van der Waals surface area contributed by atoms with Crippen LogP contribution in [-0.2, 0) is 17.8 Å². The first-order valence-corrected chi connectivity index (χ1v) is 15.1. The number of halogens is 1. The van der Waals surface area contributed by atoms with E-state index in [1.165, 1.54) is 41.8 Å². The molecule has 2 aromatic carbocycles. The van der Waals surface area contributed by atoms with Crippen molar-refractivity contribution in [3.63, 3.8) is 0 Å². The highest BCUT2D eigenvalue weighted by Gasteiger charge is 2.34. The number of anilines is 2.